The minimum atomic E-state index is -2.76. The summed E-state index contributed by atoms with van der Waals surface area (Å²) in [7, 11) is 0. The second-order valence-corrected chi connectivity index (χ2v) is 5.52. The number of nitrogens with zero attached hydrogens (tertiary/aromatic N) is 2. The molecule has 0 aliphatic carbocycles. The Morgan fingerprint density at radius 2 is 2.20 bits per heavy atom. The molecule has 20 heavy (non-hydrogen) atoms. The summed E-state index contributed by atoms with van der Waals surface area (Å²) in [5, 5.41) is 6.21. The van der Waals surface area contributed by atoms with Crippen molar-refractivity contribution in [3.05, 3.63) is 17.5 Å². The van der Waals surface area contributed by atoms with Crippen LogP contribution in [0.4, 0.5) is 8.78 Å². The smallest absolute Gasteiger partial charge is 0.298 e. The molecule has 1 aliphatic heterocycles. The molecule has 7 heteroatoms. The van der Waals surface area contributed by atoms with Gasteiger partial charge in [-0.25, -0.2) is 8.78 Å². The molecule has 0 radical (unpaired) electrons. The van der Waals surface area contributed by atoms with Crippen LogP contribution >= 0.6 is 0 Å². The first-order valence-electron chi connectivity index (χ1n) is 6.68. The maximum absolute atomic E-state index is 12.4. The van der Waals surface area contributed by atoms with Gasteiger partial charge in [-0.15, -0.1) is 0 Å². The number of aromatic nitrogens is 1. The Morgan fingerprint density at radius 3 is 2.70 bits per heavy atom. The first-order chi connectivity index (χ1) is 9.38. The number of alkyl halides is 2. The van der Waals surface area contributed by atoms with Gasteiger partial charge in [0.2, 0.25) is 5.76 Å². The number of rotatable bonds is 4. The fourth-order valence-electron chi connectivity index (χ4n) is 2.36. The molecule has 0 saturated carbocycles. The third-order valence-corrected chi connectivity index (χ3v) is 3.66. The van der Waals surface area contributed by atoms with Crippen LogP contribution < -0.4 is 5.32 Å². The molecule has 1 N–H and O–H groups in total. The normalized spacial score (nSPS) is 23.8. The summed E-state index contributed by atoms with van der Waals surface area (Å²) in [5.41, 5.74) is -0.101. The molecule has 2 atom stereocenters. The Bertz CT molecular complexity index is 476. The van der Waals surface area contributed by atoms with Crippen LogP contribution in [0.3, 0.4) is 0 Å². The monoisotopic (exact) mass is 287 g/mol. The third kappa shape index (κ3) is 3.15. The Labute approximate surface area is 116 Å². The van der Waals surface area contributed by atoms with Crippen molar-refractivity contribution in [2.45, 2.75) is 39.3 Å². The van der Waals surface area contributed by atoms with Crippen molar-refractivity contribution >= 4 is 5.91 Å². The zero-order chi connectivity index (χ0) is 14.9. The lowest BCUT2D eigenvalue weighted by Gasteiger charge is -2.20. The van der Waals surface area contributed by atoms with Crippen LogP contribution in [0.15, 0.2) is 10.6 Å². The number of nitrogens with one attached hydrogen (secondary N) is 1. The Kier molecular flexibility index (Phi) is 4.37. The molecule has 1 aromatic rings. The predicted octanol–water partition coefficient (Wildman–Crippen LogP) is 2.07. The van der Waals surface area contributed by atoms with E-state index in [1.807, 2.05) is 0 Å². The minimum absolute atomic E-state index is 0.00315. The number of amides is 1. The average Bonchev–Trinajstić information content (AvgIpc) is 2.97. The summed E-state index contributed by atoms with van der Waals surface area (Å²) in [6.45, 7) is 7.92. The molecule has 0 aromatic carbocycles. The zero-order valence-electron chi connectivity index (χ0n) is 11.8. The molecule has 112 valence electrons. The highest BCUT2D eigenvalue weighted by Crippen LogP contribution is 2.21. The predicted molar refractivity (Wildman–Crippen MR) is 68.6 cm³/mol. The van der Waals surface area contributed by atoms with Gasteiger partial charge in [0.05, 0.1) is 0 Å². The third-order valence-electron chi connectivity index (χ3n) is 3.66. The van der Waals surface area contributed by atoms with Crippen molar-refractivity contribution in [1.29, 1.82) is 0 Å². The second kappa shape index (κ2) is 5.87. The van der Waals surface area contributed by atoms with E-state index in [2.05, 4.69) is 40.7 Å². The SMILES string of the molecule is CC(C)N1C[C@@H](C)[C@@H](NC(=O)c2cc(C(F)F)on2)C1. The summed E-state index contributed by atoms with van der Waals surface area (Å²) in [6, 6.07) is 1.40. The van der Waals surface area contributed by atoms with E-state index in [0.29, 0.717) is 12.0 Å². The van der Waals surface area contributed by atoms with Gasteiger partial charge in [0, 0.05) is 31.2 Å². The molecule has 0 spiro atoms. The van der Waals surface area contributed by atoms with Crippen LogP contribution in [0.5, 0.6) is 0 Å². The molecule has 1 aromatic heterocycles. The molecular weight excluding hydrogens is 268 g/mol. The number of hydrogen-bond acceptors (Lipinski definition) is 4. The van der Waals surface area contributed by atoms with Crippen molar-refractivity contribution < 1.29 is 18.1 Å². The van der Waals surface area contributed by atoms with E-state index in [9.17, 15) is 13.6 Å². The van der Waals surface area contributed by atoms with Crippen LogP contribution in [0.25, 0.3) is 0 Å². The number of carbonyl (C=O) groups excluding carboxylic acids is 1. The molecule has 1 aliphatic rings. The second-order valence-electron chi connectivity index (χ2n) is 5.52. The number of hydrogen-bond donors (Lipinski definition) is 1. The van der Waals surface area contributed by atoms with Crippen molar-refractivity contribution in [3.8, 4) is 0 Å². The van der Waals surface area contributed by atoms with Gasteiger partial charge in [-0.3, -0.25) is 9.69 Å². The zero-order valence-corrected chi connectivity index (χ0v) is 11.8. The van der Waals surface area contributed by atoms with Gasteiger partial charge in [-0.1, -0.05) is 12.1 Å². The van der Waals surface area contributed by atoms with E-state index in [4.69, 9.17) is 0 Å². The summed E-state index contributed by atoms with van der Waals surface area (Å²) < 4.78 is 29.2. The number of likely N-dealkylation sites (tertiary alicyclic amines) is 1. The maximum atomic E-state index is 12.4. The first kappa shape index (κ1) is 14.9. The topological polar surface area (TPSA) is 58.4 Å². The molecule has 1 saturated heterocycles. The van der Waals surface area contributed by atoms with E-state index in [1.165, 1.54) is 0 Å². The van der Waals surface area contributed by atoms with E-state index in [0.717, 1.165) is 19.2 Å². The molecule has 2 rings (SSSR count). The highest BCUT2D eigenvalue weighted by atomic mass is 19.3. The largest absolute Gasteiger partial charge is 0.354 e. The van der Waals surface area contributed by atoms with E-state index in [1.54, 1.807) is 0 Å². The quantitative estimate of drug-likeness (QED) is 0.921. The van der Waals surface area contributed by atoms with Crippen LogP contribution in [0.2, 0.25) is 0 Å². The van der Waals surface area contributed by atoms with Crippen molar-refractivity contribution in [1.82, 2.24) is 15.4 Å². The van der Waals surface area contributed by atoms with Crippen LogP contribution in [-0.2, 0) is 0 Å². The van der Waals surface area contributed by atoms with Gasteiger partial charge in [0.15, 0.2) is 5.69 Å². The average molecular weight is 287 g/mol. The Hall–Kier alpha value is -1.50. The highest BCUT2D eigenvalue weighted by Gasteiger charge is 2.32. The fraction of sp³-hybridized carbons (Fsp3) is 0.692. The van der Waals surface area contributed by atoms with Gasteiger partial charge >= 0.3 is 0 Å². The van der Waals surface area contributed by atoms with Gasteiger partial charge in [0.1, 0.15) is 0 Å². The van der Waals surface area contributed by atoms with Crippen LogP contribution in [-0.4, -0.2) is 41.1 Å². The standard InChI is InChI=1S/C13H19F2N3O2/c1-7(2)18-5-8(3)10(6-18)16-13(19)9-4-11(12(14)15)20-17-9/h4,7-8,10,12H,5-6H2,1-3H3,(H,16,19)/t8-,10+/m1/s1. The minimum Gasteiger partial charge on any atom is -0.354 e. The van der Waals surface area contributed by atoms with Gasteiger partial charge in [-0.05, 0) is 19.8 Å². The Balaban J connectivity index is 1.97. The Morgan fingerprint density at radius 1 is 1.50 bits per heavy atom. The molecule has 1 amide bonds. The van der Waals surface area contributed by atoms with Gasteiger partial charge in [0.25, 0.3) is 12.3 Å². The van der Waals surface area contributed by atoms with E-state index < -0.39 is 18.1 Å². The maximum Gasteiger partial charge on any atom is 0.298 e. The summed E-state index contributed by atoms with van der Waals surface area (Å²) in [6.07, 6.45) is -2.76. The summed E-state index contributed by atoms with van der Waals surface area (Å²) >= 11 is 0. The molecule has 0 bridgehead atoms. The lowest BCUT2D eigenvalue weighted by atomic mass is 10.1. The first-order valence-corrected chi connectivity index (χ1v) is 6.68. The molecule has 5 nitrogen and oxygen atoms in total. The molecule has 1 fully saturated rings. The van der Waals surface area contributed by atoms with Crippen molar-refractivity contribution in [3.63, 3.8) is 0 Å². The van der Waals surface area contributed by atoms with Crippen LogP contribution in [0, 0.1) is 5.92 Å². The fourth-order valence-corrected chi connectivity index (χ4v) is 2.36. The van der Waals surface area contributed by atoms with Gasteiger partial charge in [-0.2, -0.15) is 0 Å². The van der Waals surface area contributed by atoms with Crippen LogP contribution in [0.1, 0.15) is 43.4 Å². The number of carbonyl (C=O) groups is 1. The summed E-state index contributed by atoms with van der Waals surface area (Å²) in [5.74, 6) is -0.746. The molecular formula is C13H19F2N3O2. The van der Waals surface area contributed by atoms with Gasteiger partial charge < -0.3 is 9.84 Å². The highest BCUT2D eigenvalue weighted by molar-refractivity contribution is 5.92. The molecule has 0 unspecified atom stereocenters. The van der Waals surface area contributed by atoms with Crippen molar-refractivity contribution in [2.24, 2.45) is 5.92 Å². The lowest BCUT2D eigenvalue weighted by molar-refractivity contribution is 0.0916. The van der Waals surface area contributed by atoms with E-state index in [-0.39, 0.29) is 11.7 Å². The summed E-state index contributed by atoms with van der Waals surface area (Å²) in [4.78, 5) is 14.2. The molecule has 2 heterocycles. The van der Waals surface area contributed by atoms with Crippen molar-refractivity contribution in [2.75, 3.05) is 13.1 Å². The number of halogens is 2. The lowest BCUT2D eigenvalue weighted by Crippen LogP contribution is -2.40. The van der Waals surface area contributed by atoms with E-state index >= 15 is 0 Å².